The third-order valence-corrected chi connectivity index (χ3v) is 3.20. The Morgan fingerprint density at radius 1 is 1.73 bits per heavy atom. The Balaban J connectivity index is 2.40. The van der Waals surface area contributed by atoms with Crippen LogP contribution in [0.5, 0.6) is 0 Å². The molecule has 0 radical (unpaired) electrons. The number of aromatic nitrogens is 1. The third-order valence-electron chi connectivity index (χ3n) is 2.23. The summed E-state index contributed by atoms with van der Waals surface area (Å²) in [6.07, 6.45) is 0.777. The van der Waals surface area contributed by atoms with Crippen molar-refractivity contribution >= 4 is 17.2 Å². The van der Waals surface area contributed by atoms with Gasteiger partial charge in [-0.15, -0.1) is 11.3 Å². The van der Waals surface area contributed by atoms with E-state index in [4.69, 9.17) is 5.73 Å². The van der Waals surface area contributed by atoms with Gasteiger partial charge in [0.15, 0.2) is 0 Å². The highest BCUT2D eigenvalue weighted by atomic mass is 32.1. The van der Waals surface area contributed by atoms with Crippen LogP contribution in [-0.2, 0) is 11.3 Å². The van der Waals surface area contributed by atoms with Crippen LogP contribution in [0.2, 0.25) is 0 Å². The van der Waals surface area contributed by atoms with Crippen molar-refractivity contribution in [2.75, 3.05) is 6.54 Å². The van der Waals surface area contributed by atoms with Crippen molar-refractivity contribution in [1.82, 2.24) is 10.3 Å². The molecule has 1 rings (SSSR count). The number of carbonyl (C=O) groups is 1. The zero-order chi connectivity index (χ0) is 11.3. The van der Waals surface area contributed by atoms with Gasteiger partial charge in [0.2, 0.25) is 5.91 Å². The molecule has 1 atom stereocenters. The second kappa shape index (κ2) is 5.82. The van der Waals surface area contributed by atoms with Crippen molar-refractivity contribution in [2.24, 2.45) is 11.7 Å². The van der Waals surface area contributed by atoms with Gasteiger partial charge in [0.25, 0.3) is 0 Å². The smallest absolute Gasteiger partial charge is 0.224 e. The van der Waals surface area contributed by atoms with Gasteiger partial charge in [-0.1, -0.05) is 6.92 Å². The molecule has 0 saturated carbocycles. The lowest BCUT2D eigenvalue weighted by Crippen LogP contribution is -2.34. The molecular weight excluding hydrogens is 210 g/mol. The van der Waals surface area contributed by atoms with E-state index in [1.807, 2.05) is 19.2 Å². The molecule has 0 aromatic carbocycles. The van der Waals surface area contributed by atoms with Gasteiger partial charge in [0, 0.05) is 23.5 Å². The van der Waals surface area contributed by atoms with E-state index in [0.29, 0.717) is 13.1 Å². The monoisotopic (exact) mass is 227 g/mol. The molecule has 0 aliphatic rings. The van der Waals surface area contributed by atoms with Crippen LogP contribution in [0, 0.1) is 12.8 Å². The van der Waals surface area contributed by atoms with Crippen LogP contribution in [0.3, 0.4) is 0 Å². The Labute approximate surface area is 93.9 Å². The largest absolute Gasteiger partial charge is 0.349 e. The maximum atomic E-state index is 11.6. The number of nitrogens with one attached hydrogen (secondary N) is 1. The van der Waals surface area contributed by atoms with Gasteiger partial charge in [-0.05, 0) is 13.3 Å². The summed E-state index contributed by atoms with van der Waals surface area (Å²) in [7, 11) is 0. The van der Waals surface area contributed by atoms with E-state index in [9.17, 15) is 4.79 Å². The summed E-state index contributed by atoms with van der Waals surface area (Å²) in [6, 6.07) is 0. The summed E-state index contributed by atoms with van der Waals surface area (Å²) in [5, 5.41) is 5.75. The van der Waals surface area contributed by atoms with Crippen LogP contribution < -0.4 is 11.1 Å². The molecule has 0 bridgehead atoms. The number of aryl methyl sites for hydroxylation is 1. The second-order valence-electron chi connectivity index (χ2n) is 3.44. The minimum Gasteiger partial charge on any atom is -0.349 e. The molecule has 0 aliphatic heterocycles. The highest BCUT2D eigenvalue weighted by Crippen LogP contribution is 2.08. The highest BCUT2D eigenvalue weighted by molar-refractivity contribution is 7.09. The molecule has 84 valence electrons. The lowest BCUT2D eigenvalue weighted by molar-refractivity contribution is -0.124. The number of amides is 1. The van der Waals surface area contributed by atoms with Crippen molar-refractivity contribution in [2.45, 2.75) is 26.8 Å². The van der Waals surface area contributed by atoms with Crippen molar-refractivity contribution in [3.05, 3.63) is 16.1 Å². The molecule has 5 heteroatoms. The highest BCUT2D eigenvalue weighted by Gasteiger charge is 2.14. The van der Waals surface area contributed by atoms with Gasteiger partial charge in [0.1, 0.15) is 5.01 Å². The van der Waals surface area contributed by atoms with E-state index in [0.717, 1.165) is 17.1 Å². The van der Waals surface area contributed by atoms with E-state index in [2.05, 4.69) is 10.3 Å². The van der Waals surface area contributed by atoms with Crippen LogP contribution in [0.4, 0.5) is 0 Å². The number of nitrogens with zero attached hydrogens (tertiary/aromatic N) is 1. The van der Waals surface area contributed by atoms with Gasteiger partial charge in [-0.2, -0.15) is 0 Å². The third kappa shape index (κ3) is 3.60. The normalized spacial score (nSPS) is 12.5. The molecule has 3 N–H and O–H groups in total. The average molecular weight is 227 g/mol. The molecule has 1 amide bonds. The molecule has 1 heterocycles. The van der Waals surface area contributed by atoms with E-state index >= 15 is 0 Å². The molecule has 4 nitrogen and oxygen atoms in total. The predicted molar refractivity (Wildman–Crippen MR) is 61.5 cm³/mol. The van der Waals surface area contributed by atoms with Crippen LogP contribution in [-0.4, -0.2) is 17.4 Å². The van der Waals surface area contributed by atoms with Gasteiger partial charge in [0.05, 0.1) is 6.54 Å². The zero-order valence-electron chi connectivity index (χ0n) is 9.12. The number of carbonyl (C=O) groups excluding carboxylic acids is 1. The SMILES string of the molecule is CCC(CN)C(=O)NCc1nc(C)cs1. The Kier molecular flexibility index (Phi) is 4.71. The number of hydrogen-bond acceptors (Lipinski definition) is 4. The summed E-state index contributed by atoms with van der Waals surface area (Å²) < 4.78 is 0. The van der Waals surface area contributed by atoms with Crippen LogP contribution in [0.25, 0.3) is 0 Å². The summed E-state index contributed by atoms with van der Waals surface area (Å²) in [4.78, 5) is 15.8. The maximum absolute atomic E-state index is 11.6. The zero-order valence-corrected chi connectivity index (χ0v) is 9.93. The first-order valence-electron chi connectivity index (χ1n) is 5.06. The topological polar surface area (TPSA) is 68.0 Å². The summed E-state index contributed by atoms with van der Waals surface area (Å²) in [6.45, 7) is 4.81. The molecule has 1 aromatic rings. The Morgan fingerprint density at radius 3 is 2.93 bits per heavy atom. The molecule has 0 saturated heterocycles. The molecular formula is C10H17N3OS. The van der Waals surface area contributed by atoms with Crippen LogP contribution >= 0.6 is 11.3 Å². The van der Waals surface area contributed by atoms with Gasteiger partial charge >= 0.3 is 0 Å². The van der Waals surface area contributed by atoms with Crippen molar-refractivity contribution in [3.8, 4) is 0 Å². The first-order chi connectivity index (χ1) is 7.17. The van der Waals surface area contributed by atoms with Crippen molar-refractivity contribution in [3.63, 3.8) is 0 Å². The van der Waals surface area contributed by atoms with E-state index < -0.39 is 0 Å². The second-order valence-corrected chi connectivity index (χ2v) is 4.38. The maximum Gasteiger partial charge on any atom is 0.224 e. The van der Waals surface area contributed by atoms with Crippen LogP contribution in [0.1, 0.15) is 24.0 Å². The minimum atomic E-state index is -0.0777. The van der Waals surface area contributed by atoms with Crippen LogP contribution in [0.15, 0.2) is 5.38 Å². The number of hydrogen-bond donors (Lipinski definition) is 2. The summed E-state index contributed by atoms with van der Waals surface area (Å²) in [5.74, 6) is -0.0566. The average Bonchev–Trinajstić information content (AvgIpc) is 2.63. The number of thiazole rings is 1. The van der Waals surface area contributed by atoms with Crippen molar-refractivity contribution in [1.29, 1.82) is 0 Å². The Bertz CT molecular complexity index is 320. The van der Waals surface area contributed by atoms with Gasteiger partial charge in [-0.25, -0.2) is 4.98 Å². The standard InChI is InChI=1S/C10H17N3OS/c1-3-8(4-11)10(14)12-5-9-13-7(2)6-15-9/h6,8H,3-5,11H2,1-2H3,(H,12,14). The molecule has 0 spiro atoms. The minimum absolute atomic E-state index is 0.0212. The lowest BCUT2D eigenvalue weighted by atomic mass is 10.1. The van der Waals surface area contributed by atoms with Crippen molar-refractivity contribution < 1.29 is 4.79 Å². The summed E-state index contributed by atoms with van der Waals surface area (Å²) >= 11 is 1.56. The quantitative estimate of drug-likeness (QED) is 0.790. The molecule has 15 heavy (non-hydrogen) atoms. The van der Waals surface area contributed by atoms with Gasteiger partial charge < -0.3 is 11.1 Å². The molecule has 1 unspecified atom stereocenters. The fraction of sp³-hybridized carbons (Fsp3) is 0.600. The number of rotatable bonds is 5. The fourth-order valence-corrected chi connectivity index (χ4v) is 1.96. The van der Waals surface area contributed by atoms with E-state index in [-0.39, 0.29) is 11.8 Å². The first-order valence-corrected chi connectivity index (χ1v) is 5.94. The number of nitrogens with two attached hydrogens (primary N) is 1. The predicted octanol–water partition coefficient (Wildman–Crippen LogP) is 1.05. The molecule has 0 fully saturated rings. The Hall–Kier alpha value is -0.940. The summed E-state index contributed by atoms with van der Waals surface area (Å²) in [5.41, 5.74) is 6.48. The molecule has 1 aromatic heterocycles. The lowest BCUT2D eigenvalue weighted by Gasteiger charge is -2.11. The fourth-order valence-electron chi connectivity index (χ4n) is 1.25. The van der Waals surface area contributed by atoms with E-state index in [1.54, 1.807) is 11.3 Å². The van der Waals surface area contributed by atoms with Gasteiger partial charge in [-0.3, -0.25) is 4.79 Å². The Morgan fingerprint density at radius 2 is 2.47 bits per heavy atom. The first kappa shape index (κ1) is 12.1. The van der Waals surface area contributed by atoms with E-state index in [1.165, 1.54) is 0 Å². The molecule has 0 aliphatic carbocycles.